The molecule has 0 saturated heterocycles. The second-order valence-electron chi connectivity index (χ2n) is 5.65. The molecular formula is C18H24N2OS. The fraction of sp³-hybridized carbons (Fsp3) is 0.333. The van der Waals surface area contributed by atoms with Crippen molar-refractivity contribution in [2.75, 3.05) is 32.0 Å². The maximum atomic E-state index is 5.87. The van der Waals surface area contributed by atoms with Crippen molar-refractivity contribution in [1.82, 2.24) is 4.90 Å². The number of hydrogen-bond donors (Lipinski definition) is 1. The predicted molar refractivity (Wildman–Crippen MR) is 95.9 cm³/mol. The Morgan fingerprint density at radius 2 is 1.77 bits per heavy atom. The van der Waals surface area contributed by atoms with Gasteiger partial charge in [0.05, 0.1) is 0 Å². The first kappa shape index (κ1) is 16.7. The molecule has 0 saturated carbocycles. The highest BCUT2D eigenvalue weighted by atomic mass is 32.2. The largest absolute Gasteiger partial charge is 0.492 e. The first-order chi connectivity index (χ1) is 10.5. The van der Waals surface area contributed by atoms with E-state index in [0.717, 1.165) is 23.5 Å². The van der Waals surface area contributed by atoms with Crippen molar-refractivity contribution in [1.29, 1.82) is 0 Å². The van der Waals surface area contributed by atoms with Crippen molar-refractivity contribution in [3.8, 4) is 5.75 Å². The molecule has 0 aliphatic rings. The Kier molecular flexibility index (Phi) is 6.16. The van der Waals surface area contributed by atoms with E-state index in [2.05, 4.69) is 65.9 Å². The van der Waals surface area contributed by atoms with Gasteiger partial charge in [0.1, 0.15) is 12.4 Å². The summed E-state index contributed by atoms with van der Waals surface area (Å²) in [4.78, 5) is 3.31. The lowest BCUT2D eigenvalue weighted by Crippen LogP contribution is -2.19. The minimum Gasteiger partial charge on any atom is -0.492 e. The number of benzene rings is 2. The molecule has 3 nitrogen and oxygen atoms in total. The number of nitrogens with one attached hydrogen (secondary N) is 1. The molecular weight excluding hydrogens is 292 g/mol. The first-order valence-corrected chi connectivity index (χ1v) is 8.24. The highest BCUT2D eigenvalue weighted by Crippen LogP contribution is 2.27. The molecule has 22 heavy (non-hydrogen) atoms. The minimum absolute atomic E-state index is 0.697. The lowest BCUT2D eigenvalue weighted by atomic mass is 10.2. The van der Waals surface area contributed by atoms with Gasteiger partial charge in [0.25, 0.3) is 0 Å². The van der Waals surface area contributed by atoms with Gasteiger partial charge in [0.15, 0.2) is 0 Å². The van der Waals surface area contributed by atoms with Crippen LogP contribution < -0.4 is 9.46 Å². The highest BCUT2D eigenvalue weighted by molar-refractivity contribution is 8.00. The van der Waals surface area contributed by atoms with Crippen LogP contribution in [0.2, 0.25) is 0 Å². The van der Waals surface area contributed by atoms with Crippen LogP contribution in [0.15, 0.2) is 47.4 Å². The van der Waals surface area contributed by atoms with E-state index in [1.807, 2.05) is 14.1 Å². The van der Waals surface area contributed by atoms with Crippen molar-refractivity contribution in [2.24, 2.45) is 0 Å². The fourth-order valence-corrected chi connectivity index (χ4v) is 2.52. The van der Waals surface area contributed by atoms with Crippen LogP contribution in [-0.4, -0.2) is 32.1 Å². The average molecular weight is 316 g/mol. The van der Waals surface area contributed by atoms with E-state index in [4.69, 9.17) is 4.74 Å². The molecule has 2 aromatic rings. The highest BCUT2D eigenvalue weighted by Gasteiger charge is 2.03. The van der Waals surface area contributed by atoms with E-state index < -0.39 is 0 Å². The number of hydrogen-bond acceptors (Lipinski definition) is 4. The van der Waals surface area contributed by atoms with E-state index in [0.29, 0.717) is 6.61 Å². The van der Waals surface area contributed by atoms with Crippen LogP contribution in [0.5, 0.6) is 5.75 Å². The third-order valence-electron chi connectivity index (χ3n) is 3.29. The van der Waals surface area contributed by atoms with Gasteiger partial charge in [-0.05, 0) is 63.7 Å². The number of nitrogens with zero attached hydrogens (tertiary/aromatic N) is 1. The Balaban J connectivity index is 1.94. The topological polar surface area (TPSA) is 24.5 Å². The smallest absolute Gasteiger partial charge is 0.124 e. The van der Waals surface area contributed by atoms with Gasteiger partial charge < -0.3 is 14.4 Å². The van der Waals surface area contributed by atoms with Gasteiger partial charge in [-0.1, -0.05) is 23.8 Å². The Bertz CT molecular complexity index is 597. The number of rotatable bonds is 7. The number of likely N-dealkylation sites (N-methyl/N-ethyl adjacent to an activating group) is 1. The molecule has 0 unspecified atom stereocenters. The molecule has 4 heteroatoms. The number of aryl methyl sites for hydroxylation is 2. The zero-order chi connectivity index (χ0) is 15.9. The molecule has 0 spiro atoms. The fourth-order valence-electron chi connectivity index (χ4n) is 1.88. The van der Waals surface area contributed by atoms with Gasteiger partial charge in [0, 0.05) is 23.2 Å². The van der Waals surface area contributed by atoms with Gasteiger partial charge in [-0.15, -0.1) is 0 Å². The zero-order valence-corrected chi connectivity index (χ0v) is 14.5. The molecule has 0 atom stereocenters. The predicted octanol–water partition coefficient (Wildman–Crippen LogP) is 4.36. The molecule has 118 valence electrons. The minimum atomic E-state index is 0.697. The van der Waals surface area contributed by atoms with Crippen LogP contribution in [0, 0.1) is 13.8 Å². The lowest BCUT2D eigenvalue weighted by Gasteiger charge is -2.14. The van der Waals surface area contributed by atoms with Crippen molar-refractivity contribution in [3.63, 3.8) is 0 Å². The normalized spacial score (nSPS) is 10.8. The Morgan fingerprint density at radius 3 is 2.45 bits per heavy atom. The van der Waals surface area contributed by atoms with E-state index in [1.54, 1.807) is 11.9 Å². The van der Waals surface area contributed by atoms with Crippen LogP contribution >= 0.6 is 11.9 Å². The summed E-state index contributed by atoms with van der Waals surface area (Å²) in [6.45, 7) is 5.78. The summed E-state index contributed by atoms with van der Waals surface area (Å²) in [7, 11) is 4.10. The standard InChI is InChI=1S/C18H24N2OS/c1-14-5-9-17(10-6-14)22-19-16-8-7-15(2)18(13-16)21-12-11-20(3)4/h5-10,13,19H,11-12H2,1-4H3. The first-order valence-electron chi connectivity index (χ1n) is 7.42. The molecule has 0 aliphatic heterocycles. The van der Waals surface area contributed by atoms with Crippen molar-refractivity contribution in [3.05, 3.63) is 53.6 Å². The Labute approximate surface area is 137 Å². The molecule has 2 rings (SSSR count). The number of ether oxygens (including phenoxy) is 1. The SMILES string of the molecule is Cc1ccc(SNc2ccc(C)c(OCCN(C)C)c2)cc1. The van der Waals surface area contributed by atoms with E-state index in [9.17, 15) is 0 Å². The van der Waals surface area contributed by atoms with E-state index in [1.165, 1.54) is 10.5 Å². The summed E-state index contributed by atoms with van der Waals surface area (Å²) in [5.74, 6) is 0.941. The monoisotopic (exact) mass is 316 g/mol. The quantitative estimate of drug-likeness (QED) is 0.767. The molecule has 0 radical (unpaired) electrons. The lowest BCUT2D eigenvalue weighted by molar-refractivity contribution is 0.260. The Morgan fingerprint density at radius 1 is 1.05 bits per heavy atom. The van der Waals surface area contributed by atoms with Gasteiger partial charge in [-0.25, -0.2) is 0 Å². The molecule has 0 aliphatic carbocycles. The summed E-state index contributed by atoms with van der Waals surface area (Å²) < 4.78 is 9.24. The van der Waals surface area contributed by atoms with Crippen LogP contribution in [0.4, 0.5) is 5.69 Å². The molecule has 1 N–H and O–H groups in total. The zero-order valence-electron chi connectivity index (χ0n) is 13.7. The third kappa shape index (κ3) is 5.28. The van der Waals surface area contributed by atoms with Crippen LogP contribution in [-0.2, 0) is 0 Å². The van der Waals surface area contributed by atoms with Gasteiger partial charge in [-0.2, -0.15) is 0 Å². The van der Waals surface area contributed by atoms with E-state index >= 15 is 0 Å². The number of anilines is 1. The second-order valence-corrected chi connectivity index (χ2v) is 6.53. The molecule has 2 aromatic carbocycles. The summed E-state index contributed by atoms with van der Waals surface area (Å²) in [5.41, 5.74) is 3.48. The van der Waals surface area contributed by atoms with Crippen LogP contribution in [0.25, 0.3) is 0 Å². The van der Waals surface area contributed by atoms with Crippen molar-refractivity contribution in [2.45, 2.75) is 18.7 Å². The van der Waals surface area contributed by atoms with Gasteiger partial charge in [0.2, 0.25) is 0 Å². The van der Waals surface area contributed by atoms with Crippen LogP contribution in [0.1, 0.15) is 11.1 Å². The van der Waals surface area contributed by atoms with Crippen molar-refractivity contribution < 1.29 is 4.74 Å². The molecule has 0 amide bonds. The average Bonchev–Trinajstić information content (AvgIpc) is 2.49. The molecule has 0 heterocycles. The van der Waals surface area contributed by atoms with Gasteiger partial charge >= 0.3 is 0 Å². The second kappa shape index (κ2) is 8.11. The molecule has 0 aromatic heterocycles. The summed E-state index contributed by atoms with van der Waals surface area (Å²) in [6, 6.07) is 14.7. The van der Waals surface area contributed by atoms with Gasteiger partial charge in [-0.3, -0.25) is 0 Å². The maximum Gasteiger partial charge on any atom is 0.124 e. The van der Waals surface area contributed by atoms with Crippen LogP contribution in [0.3, 0.4) is 0 Å². The third-order valence-corrected chi connectivity index (χ3v) is 4.14. The maximum absolute atomic E-state index is 5.87. The summed E-state index contributed by atoms with van der Waals surface area (Å²) >= 11 is 1.61. The Hall–Kier alpha value is -1.65. The molecule has 0 fully saturated rings. The van der Waals surface area contributed by atoms with E-state index in [-0.39, 0.29) is 0 Å². The molecule has 0 bridgehead atoms. The summed E-state index contributed by atoms with van der Waals surface area (Å²) in [5, 5.41) is 0. The summed E-state index contributed by atoms with van der Waals surface area (Å²) in [6.07, 6.45) is 0. The van der Waals surface area contributed by atoms with Crippen molar-refractivity contribution >= 4 is 17.6 Å².